The van der Waals surface area contributed by atoms with Crippen molar-refractivity contribution < 1.29 is 43.1 Å². The number of methoxy groups -OCH3 is 2. The summed E-state index contributed by atoms with van der Waals surface area (Å²) in [4.78, 5) is 12.4. The Labute approximate surface area is 395 Å². The third kappa shape index (κ3) is 15.1. The number of aliphatic hydroxyl groups excluding tert-OH is 1. The lowest BCUT2D eigenvalue weighted by Gasteiger charge is -2.51. The third-order valence-corrected chi connectivity index (χ3v) is 18.4. The van der Waals surface area contributed by atoms with Crippen LogP contribution in [0.3, 0.4) is 0 Å². The van der Waals surface area contributed by atoms with Crippen molar-refractivity contribution in [1.29, 1.82) is 0 Å². The van der Waals surface area contributed by atoms with Crippen molar-refractivity contribution in [3.63, 3.8) is 0 Å². The molecule has 5 rings (SSSR count). The number of hydrogen-bond donors (Lipinski definition) is 1. The fourth-order valence-electron chi connectivity index (χ4n) is 10.1. The lowest BCUT2D eigenvalue weighted by atomic mass is 9.79. The molecule has 11 heteroatoms. The van der Waals surface area contributed by atoms with Gasteiger partial charge in [0.05, 0.1) is 54.9 Å². The average Bonchev–Trinajstić information content (AvgIpc) is 3.29. The summed E-state index contributed by atoms with van der Waals surface area (Å²) in [5, 5.41) is 12.1. The number of ether oxygens (including phenoxy) is 7. The molecule has 0 aromatic heterocycles. The molecule has 2 aromatic rings. The summed E-state index contributed by atoms with van der Waals surface area (Å²) < 4.78 is 45.6. The van der Waals surface area contributed by atoms with Crippen LogP contribution in [0.1, 0.15) is 138 Å². The number of esters is 1. The maximum atomic E-state index is 12.4. The van der Waals surface area contributed by atoms with E-state index in [1.54, 1.807) is 14.2 Å². The predicted octanol–water partition coefficient (Wildman–Crippen LogP) is 11.9. The topological polar surface area (TPSA) is 102 Å². The molecule has 0 saturated carbocycles. The molecular weight excluding hydrogens is 845 g/mol. The van der Waals surface area contributed by atoms with Gasteiger partial charge in [0.15, 0.2) is 5.79 Å². The van der Waals surface area contributed by atoms with Crippen molar-refractivity contribution >= 4 is 29.5 Å². The lowest BCUT2D eigenvalue weighted by Crippen LogP contribution is -2.53. The minimum Gasteiger partial charge on any atom is -0.497 e. The highest BCUT2D eigenvalue weighted by molar-refractivity contribution is 8.18. The summed E-state index contributed by atoms with van der Waals surface area (Å²) in [5.41, 5.74) is 2.02. The Morgan fingerprint density at radius 3 is 2.05 bits per heavy atom. The van der Waals surface area contributed by atoms with E-state index in [-0.39, 0.29) is 35.9 Å². The maximum absolute atomic E-state index is 12.4. The number of hydrogen-bond acceptors (Lipinski definition) is 11. The van der Waals surface area contributed by atoms with Crippen molar-refractivity contribution in [2.75, 3.05) is 25.7 Å². The molecule has 3 aliphatic rings. The number of benzene rings is 2. The van der Waals surface area contributed by atoms with Crippen molar-refractivity contribution in [3.8, 4) is 5.75 Å². The molecule has 362 valence electrons. The number of aliphatic hydroxyl groups is 1. The largest absolute Gasteiger partial charge is 0.497 e. The van der Waals surface area contributed by atoms with Gasteiger partial charge < -0.3 is 38.3 Å². The standard InChI is InChI=1S/C53H84O9S2/c1-35(2)49(60-41(8)54)51(57-11)48(59-33-42-16-13-12-14-17-42)32-47(58-34-43-20-22-44(56-10)23-21-43)40(7)45(55)24-18-37(4)50-38(5)27-29-53(62-50)28-26-36(3)46(61-53)25-19-39(6)52(9)63-30-15-31-64-52/h12-14,16-17,20-23,35-40,45-51,55H,15,18-19,24-34H2,1-11H3/t36-,37-,38+,39+,40+,45+,46+,47+,48-,49-,50+,51+,53-/m1/s1. The van der Waals surface area contributed by atoms with E-state index in [9.17, 15) is 9.90 Å². The Morgan fingerprint density at radius 2 is 1.44 bits per heavy atom. The van der Waals surface area contributed by atoms with E-state index in [2.05, 4.69) is 65.1 Å². The Morgan fingerprint density at radius 1 is 0.812 bits per heavy atom. The number of carbonyl (C=O) groups excluding carboxylic acids is 1. The monoisotopic (exact) mass is 929 g/mol. The van der Waals surface area contributed by atoms with Gasteiger partial charge in [-0.15, -0.1) is 23.5 Å². The van der Waals surface area contributed by atoms with Gasteiger partial charge in [0.2, 0.25) is 0 Å². The zero-order chi connectivity index (χ0) is 46.4. The molecule has 0 unspecified atom stereocenters. The molecule has 1 N–H and O–H groups in total. The zero-order valence-corrected chi connectivity index (χ0v) is 42.8. The second-order valence-corrected chi connectivity index (χ2v) is 23.3. The van der Waals surface area contributed by atoms with E-state index in [1.165, 1.54) is 31.3 Å². The highest BCUT2D eigenvalue weighted by atomic mass is 32.2. The first-order chi connectivity index (χ1) is 30.6. The third-order valence-electron chi connectivity index (χ3n) is 14.7. The average molecular weight is 929 g/mol. The Kier molecular flexibility index (Phi) is 21.2. The van der Waals surface area contributed by atoms with Gasteiger partial charge in [-0.2, -0.15) is 0 Å². The van der Waals surface area contributed by atoms with Crippen molar-refractivity contribution in [3.05, 3.63) is 65.7 Å². The fraction of sp³-hybridized carbons (Fsp3) is 0.755. The summed E-state index contributed by atoms with van der Waals surface area (Å²) in [7, 11) is 3.30. The minimum absolute atomic E-state index is 0.0337. The fourth-order valence-corrected chi connectivity index (χ4v) is 13.3. The summed E-state index contributed by atoms with van der Waals surface area (Å²) in [6.45, 7) is 20.1. The Hall–Kier alpha value is -1.83. The van der Waals surface area contributed by atoms with Crippen molar-refractivity contribution in [2.45, 2.75) is 192 Å². The molecule has 0 bridgehead atoms. The lowest BCUT2D eigenvalue weighted by molar-refractivity contribution is -0.338. The molecule has 13 atom stereocenters. The van der Waals surface area contributed by atoms with Gasteiger partial charge in [-0.3, -0.25) is 4.79 Å². The second-order valence-electron chi connectivity index (χ2n) is 20.0. The van der Waals surface area contributed by atoms with Crippen molar-refractivity contribution in [1.82, 2.24) is 0 Å². The predicted molar refractivity (Wildman–Crippen MR) is 262 cm³/mol. The van der Waals surface area contributed by atoms with Gasteiger partial charge in [0.25, 0.3) is 0 Å². The smallest absolute Gasteiger partial charge is 0.303 e. The first-order valence-corrected chi connectivity index (χ1v) is 26.5. The van der Waals surface area contributed by atoms with Crippen LogP contribution in [-0.2, 0) is 46.4 Å². The summed E-state index contributed by atoms with van der Waals surface area (Å²) >= 11 is 4.30. The van der Waals surface area contributed by atoms with E-state index in [0.717, 1.165) is 55.4 Å². The molecule has 0 aliphatic carbocycles. The molecule has 64 heavy (non-hydrogen) atoms. The SMILES string of the molecule is COc1ccc(CO[C@@H](C[C@@H](OCc2ccccc2)[C@H](OC)[C@H](OC(C)=O)C(C)C)[C@@H](C)[C@@H](O)CC[C@@H](C)[C@@H]2O[C@]3(CC[C@@H](C)[C@H](CC[C@H](C)C4(C)SCCCS4)O3)CC[C@@H]2C)cc1. The molecule has 3 heterocycles. The number of rotatable bonds is 24. The van der Waals surface area contributed by atoms with Crippen LogP contribution in [0, 0.1) is 35.5 Å². The first-order valence-electron chi connectivity index (χ1n) is 24.5. The second kappa shape index (κ2) is 25.5. The molecule has 9 nitrogen and oxygen atoms in total. The summed E-state index contributed by atoms with van der Waals surface area (Å²) in [6.07, 6.45) is 7.03. The van der Waals surface area contributed by atoms with Crippen LogP contribution in [-0.4, -0.2) is 89.4 Å². The summed E-state index contributed by atoms with van der Waals surface area (Å²) in [5.74, 6) is 3.91. The molecule has 2 aromatic carbocycles. The molecule has 1 spiro atoms. The van der Waals surface area contributed by atoms with Crippen LogP contribution in [0.5, 0.6) is 5.75 Å². The van der Waals surface area contributed by atoms with Gasteiger partial charge in [0, 0.05) is 39.2 Å². The van der Waals surface area contributed by atoms with Gasteiger partial charge in [0.1, 0.15) is 18.0 Å². The Balaban J connectivity index is 1.28. The molecule has 3 aliphatic heterocycles. The van der Waals surface area contributed by atoms with E-state index < -0.39 is 36.3 Å². The normalized spacial score (nSPS) is 27.5. The van der Waals surface area contributed by atoms with Crippen LogP contribution in [0.2, 0.25) is 0 Å². The van der Waals surface area contributed by atoms with Crippen LogP contribution < -0.4 is 4.74 Å². The van der Waals surface area contributed by atoms with Gasteiger partial charge in [-0.05, 0) is 116 Å². The molecular formula is C53H84O9S2. The molecule has 3 saturated heterocycles. The highest BCUT2D eigenvalue weighted by Crippen LogP contribution is 2.50. The molecule has 0 radical (unpaired) electrons. The molecule has 0 amide bonds. The van der Waals surface area contributed by atoms with Crippen LogP contribution in [0.4, 0.5) is 0 Å². The van der Waals surface area contributed by atoms with E-state index in [1.807, 2.05) is 68.4 Å². The first kappa shape index (κ1) is 53.1. The van der Waals surface area contributed by atoms with Gasteiger partial charge >= 0.3 is 5.97 Å². The quantitative estimate of drug-likeness (QED) is 0.102. The Bertz CT molecular complexity index is 1640. The van der Waals surface area contributed by atoms with Gasteiger partial charge in [-0.1, -0.05) is 90.9 Å². The summed E-state index contributed by atoms with van der Waals surface area (Å²) in [6, 6.07) is 17.9. The van der Waals surface area contributed by atoms with E-state index in [0.29, 0.717) is 47.9 Å². The van der Waals surface area contributed by atoms with Crippen LogP contribution >= 0.6 is 23.5 Å². The van der Waals surface area contributed by atoms with E-state index >= 15 is 0 Å². The minimum atomic E-state index is -0.651. The van der Waals surface area contributed by atoms with Gasteiger partial charge in [-0.25, -0.2) is 0 Å². The maximum Gasteiger partial charge on any atom is 0.303 e. The number of carbonyl (C=O) groups is 1. The van der Waals surface area contributed by atoms with Crippen molar-refractivity contribution in [2.24, 2.45) is 35.5 Å². The molecule has 3 fully saturated rings. The van der Waals surface area contributed by atoms with Crippen LogP contribution in [0.15, 0.2) is 54.6 Å². The van der Waals surface area contributed by atoms with E-state index in [4.69, 9.17) is 33.2 Å². The zero-order valence-electron chi connectivity index (χ0n) is 41.1. The van der Waals surface area contributed by atoms with Crippen LogP contribution in [0.25, 0.3) is 0 Å². The number of thioether (sulfide) groups is 2. The highest BCUT2D eigenvalue weighted by Gasteiger charge is 2.48.